The molecule has 2 fully saturated rings. The van der Waals surface area contributed by atoms with Gasteiger partial charge in [0.15, 0.2) is 0 Å². The minimum absolute atomic E-state index is 0.396. The average molecular weight is 196 g/mol. The van der Waals surface area contributed by atoms with Crippen molar-refractivity contribution in [2.45, 2.75) is 53.1 Å². The van der Waals surface area contributed by atoms with Crippen LogP contribution in [0.2, 0.25) is 0 Å². The van der Waals surface area contributed by atoms with Gasteiger partial charge in [0.2, 0.25) is 0 Å². The fraction of sp³-hybridized carbons (Fsp3) is 1.00. The van der Waals surface area contributed by atoms with Gasteiger partial charge in [-0.05, 0) is 56.3 Å². The number of fused-ring (bicyclic) bond motifs is 2. The highest BCUT2D eigenvalue weighted by Gasteiger charge is 2.53. The average Bonchev–Trinajstić information content (AvgIpc) is 2.52. The lowest BCUT2D eigenvalue weighted by Gasteiger charge is -2.33. The second-order valence-electron chi connectivity index (χ2n) is 5.91. The van der Waals surface area contributed by atoms with E-state index >= 15 is 0 Å². The third-order valence-electron chi connectivity index (χ3n) is 4.95. The Bertz CT molecular complexity index is 211. The summed E-state index contributed by atoms with van der Waals surface area (Å²) in [6.07, 6.45) is 4.72. The highest BCUT2D eigenvalue weighted by atomic mass is 16.5. The molecular weight excluding hydrogens is 172 g/mol. The van der Waals surface area contributed by atoms with Gasteiger partial charge in [-0.3, -0.25) is 0 Å². The molecule has 0 N–H and O–H groups in total. The van der Waals surface area contributed by atoms with Crippen LogP contribution in [-0.4, -0.2) is 12.7 Å². The normalized spacial score (nSPS) is 46.5. The monoisotopic (exact) mass is 196 g/mol. The SMILES string of the molecule is CC(C)OCC1CC2CCC1(C)C2C. The Morgan fingerprint density at radius 3 is 2.57 bits per heavy atom. The minimum Gasteiger partial charge on any atom is -0.378 e. The maximum absolute atomic E-state index is 5.79. The summed E-state index contributed by atoms with van der Waals surface area (Å²) in [6.45, 7) is 10.2. The van der Waals surface area contributed by atoms with Gasteiger partial charge in [-0.25, -0.2) is 0 Å². The molecule has 0 aromatic rings. The smallest absolute Gasteiger partial charge is 0.0519 e. The molecule has 2 saturated carbocycles. The minimum atomic E-state index is 0.396. The van der Waals surface area contributed by atoms with E-state index in [9.17, 15) is 0 Å². The molecule has 0 amide bonds. The molecule has 82 valence electrons. The van der Waals surface area contributed by atoms with Crippen molar-refractivity contribution >= 4 is 0 Å². The van der Waals surface area contributed by atoms with Gasteiger partial charge in [-0.15, -0.1) is 0 Å². The van der Waals surface area contributed by atoms with Crippen LogP contribution in [0.4, 0.5) is 0 Å². The molecule has 4 unspecified atom stereocenters. The summed E-state index contributed by atoms with van der Waals surface area (Å²) in [4.78, 5) is 0. The van der Waals surface area contributed by atoms with E-state index in [2.05, 4.69) is 27.7 Å². The summed E-state index contributed by atoms with van der Waals surface area (Å²) in [5.41, 5.74) is 0.597. The lowest BCUT2D eigenvalue weighted by atomic mass is 9.74. The van der Waals surface area contributed by atoms with Crippen LogP contribution in [-0.2, 0) is 4.74 Å². The van der Waals surface area contributed by atoms with Crippen LogP contribution in [0, 0.1) is 23.2 Å². The maximum atomic E-state index is 5.79. The van der Waals surface area contributed by atoms with E-state index < -0.39 is 0 Å². The maximum Gasteiger partial charge on any atom is 0.0519 e. The summed E-state index contributed by atoms with van der Waals surface area (Å²) in [7, 11) is 0. The third-order valence-corrected chi connectivity index (χ3v) is 4.95. The lowest BCUT2D eigenvalue weighted by molar-refractivity contribution is 0.00985. The van der Waals surface area contributed by atoms with Gasteiger partial charge < -0.3 is 4.74 Å². The van der Waals surface area contributed by atoms with Crippen LogP contribution in [0.5, 0.6) is 0 Å². The Labute approximate surface area is 88.2 Å². The van der Waals surface area contributed by atoms with Crippen molar-refractivity contribution in [2.75, 3.05) is 6.61 Å². The molecule has 14 heavy (non-hydrogen) atoms. The van der Waals surface area contributed by atoms with E-state index in [1.54, 1.807) is 0 Å². The molecular formula is C13H24O. The second kappa shape index (κ2) is 3.52. The first-order chi connectivity index (χ1) is 6.54. The zero-order valence-corrected chi connectivity index (χ0v) is 10.0. The number of rotatable bonds is 3. The molecule has 2 aliphatic carbocycles. The molecule has 1 nitrogen and oxygen atoms in total. The van der Waals surface area contributed by atoms with Crippen molar-refractivity contribution in [3.8, 4) is 0 Å². The summed E-state index contributed by atoms with van der Waals surface area (Å²) >= 11 is 0. The predicted octanol–water partition coefficient (Wildman–Crippen LogP) is 3.48. The van der Waals surface area contributed by atoms with Gasteiger partial charge in [0.05, 0.1) is 12.7 Å². The largest absolute Gasteiger partial charge is 0.378 e. The van der Waals surface area contributed by atoms with Crippen LogP contribution in [0.25, 0.3) is 0 Å². The van der Waals surface area contributed by atoms with E-state index in [-0.39, 0.29) is 0 Å². The van der Waals surface area contributed by atoms with Crippen LogP contribution in [0.1, 0.15) is 47.0 Å². The van der Waals surface area contributed by atoms with E-state index in [0.717, 1.165) is 24.4 Å². The standard InChI is InChI=1S/C13H24O/c1-9(2)14-8-12-7-11-5-6-13(12,4)10(11)3/h9-12H,5-8H2,1-4H3. The van der Waals surface area contributed by atoms with E-state index in [0.29, 0.717) is 11.5 Å². The van der Waals surface area contributed by atoms with Crippen molar-refractivity contribution in [1.82, 2.24) is 0 Å². The van der Waals surface area contributed by atoms with Crippen molar-refractivity contribution in [3.05, 3.63) is 0 Å². The van der Waals surface area contributed by atoms with Gasteiger partial charge >= 0.3 is 0 Å². The topological polar surface area (TPSA) is 9.23 Å². The Kier molecular flexibility index (Phi) is 2.63. The quantitative estimate of drug-likeness (QED) is 0.671. The van der Waals surface area contributed by atoms with Gasteiger partial charge in [-0.2, -0.15) is 0 Å². The molecule has 4 atom stereocenters. The fourth-order valence-corrected chi connectivity index (χ4v) is 3.61. The Morgan fingerprint density at radius 1 is 1.43 bits per heavy atom. The fourth-order valence-electron chi connectivity index (χ4n) is 3.61. The molecule has 1 heteroatoms. The van der Waals surface area contributed by atoms with Crippen molar-refractivity contribution in [1.29, 1.82) is 0 Å². The molecule has 0 aromatic carbocycles. The first-order valence-corrected chi connectivity index (χ1v) is 6.15. The lowest BCUT2D eigenvalue weighted by Crippen LogP contribution is -2.29. The Morgan fingerprint density at radius 2 is 2.14 bits per heavy atom. The summed E-state index contributed by atoms with van der Waals surface area (Å²) < 4.78 is 5.79. The molecule has 2 aliphatic rings. The van der Waals surface area contributed by atoms with Crippen molar-refractivity contribution in [3.63, 3.8) is 0 Å². The highest BCUT2D eigenvalue weighted by molar-refractivity contribution is 5.03. The zero-order chi connectivity index (χ0) is 10.3. The molecule has 0 saturated heterocycles. The molecule has 0 radical (unpaired) electrons. The van der Waals surface area contributed by atoms with Crippen LogP contribution < -0.4 is 0 Å². The van der Waals surface area contributed by atoms with Crippen LogP contribution >= 0.6 is 0 Å². The van der Waals surface area contributed by atoms with Crippen molar-refractivity contribution < 1.29 is 4.74 Å². The molecule has 0 spiro atoms. The second-order valence-corrected chi connectivity index (χ2v) is 5.91. The van der Waals surface area contributed by atoms with Crippen LogP contribution in [0.15, 0.2) is 0 Å². The first-order valence-electron chi connectivity index (χ1n) is 6.15. The van der Waals surface area contributed by atoms with Gasteiger partial charge in [0.25, 0.3) is 0 Å². The number of hydrogen-bond acceptors (Lipinski definition) is 1. The van der Waals surface area contributed by atoms with Gasteiger partial charge in [0, 0.05) is 0 Å². The van der Waals surface area contributed by atoms with E-state index in [1.165, 1.54) is 19.3 Å². The molecule has 0 aromatic heterocycles. The van der Waals surface area contributed by atoms with E-state index in [1.807, 2.05) is 0 Å². The number of ether oxygens (including phenoxy) is 1. The van der Waals surface area contributed by atoms with Crippen molar-refractivity contribution in [2.24, 2.45) is 23.2 Å². The van der Waals surface area contributed by atoms with Gasteiger partial charge in [-0.1, -0.05) is 13.8 Å². The third kappa shape index (κ3) is 1.50. The van der Waals surface area contributed by atoms with E-state index in [4.69, 9.17) is 4.74 Å². The zero-order valence-electron chi connectivity index (χ0n) is 10.0. The summed E-state index contributed by atoms with van der Waals surface area (Å²) in [5.74, 6) is 2.77. The summed E-state index contributed by atoms with van der Waals surface area (Å²) in [6, 6.07) is 0. The number of hydrogen-bond donors (Lipinski definition) is 0. The first kappa shape index (κ1) is 10.5. The molecule has 2 bridgehead atoms. The Hall–Kier alpha value is -0.0400. The molecule has 0 heterocycles. The van der Waals surface area contributed by atoms with Crippen LogP contribution in [0.3, 0.4) is 0 Å². The predicted molar refractivity (Wildman–Crippen MR) is 59.2 cm³/mol. The Balaban J connectivity index is 1.96. The van der Waals surface area contributed by atoms with Gasteiger partial charge in [0.1, 0.15) is 0 Å². The molecule has 0 aliphatic heterocycles. The highest BCUT2D eigenvalue weighted by Crippen LogP contribution is 2.61. The molecule has 2 rings (SSSR count). The summed E-state index contributed by atoms with van der Waals surface area (Å²) in [5, 5.41) is 0.